The van der Waals surface area contributed by atoms with Gasteiger partial charge in [0.2, 0.25) is 5.91 Å². The fourth-order valence-electron chi connectivity index (χ4n) is 7.33. The maximum atomic E-state index is 13.4. The van der Waals surface area contributed by atoms with E-state index in [9.17, 15) is 19.0 Å². The van der Waals surface area contributed by atoms with E-state index >= 15 is 0 Å². The molecule has 68 heavy (non-hydrogen) atoms. The molecule has 0 aliphatic heterocycles. The van der Waals surface area contributed by atoms with Crippen LogP contribution in [0.2, 0.25) is 0 Å². The van der Waals surface area contributed by atoms with Crippen molar-refractivity contribution in [3.05, 3.63) is 85.1 Å². The van der Waals surface area contributed by atoms with Gasteiger partial charge >= 0.3 is 5.97 Å². The molecule has 0 radical (unpaired) electrons. The highest BCUT2D eigenvalue weighted by molar-refractivity contribution is 7.45. The van der Waals surface area contributed by atoms with Gasteiger partial charge in [-0.15, -0.1) is 0 Å². The number of hydrogen-bond donors (Lipinski definition) is 1. The van der Waals surface area contributed by atoms with Gasteiger partial charge in [0.05, 0.1) is 33.8 Å². The van der Waals surface area contributed by atoms with Crippen molar-refractivity contribution in [2.45, 2.75) is 232 Å². The maximum Gasteiger partial charge on any atom is 0.306 e. The second kappa shape index (κ2) is 47.8. The highest BCUT2D eigenvalue weighted by atomic mass is 31.2. The summed E-state index contributed by atoms with van der Waals surface area (Å²) in [5, 5.41) is 2.98. The first kappa shape index (κ1) is 65.2. The molecular formula is C58H103N2O7P. The number of allylic oxidation sites excluding steroid dienone is 13. The number of phosphoric ester groups is 1. The van der Waals surface area contributed by atoms with Gasteiger partial charge < -0.3 is 28.5 Å². The Morgan fingerprint density at radius 1 is 0.529 bits per heavy atom. The van der Waals surface area contributed by atoms with Crippen LogP contribution < -0.4 is 10.2 Å². The van der Waals surface area contributed by atoms with Crippen molar-refractivity contribution in [1.82, 2.24) is 5.32 Å². The van der Waals surface area contributed by atoms with E-state index in [2.05, 4.69) is 92.9 Å². The van der Waals surface area contributed by atoms with Crippen molar-refractivity contribution in [3.8, 4) is 0 Å². The highest BCUT2D eigenvalue weighted by Crippen LogP contribution is 2.38. The standard InChI is InChI=1S/C58H103N2O7P/c1-7-10-13-16-19-22-25-28-29-30-33-35-38-41-44-47-50-57(61)59-55(54-66-68(63,64)65-53-52-60(4,5)6)56(49-46-43-40-37-34-31-26-23-20-17-14-11-8-2)67-58(62)51-48-45-42-39-36-32-27-24-21-18-15-12-9-3/h10,13,19,22,28-29,32-33,35-36,42,45-46,49,55-56H,7-9,11-12,14-18,20-21,23-27,30-31,34,37-41,43-44,47-48,50-54H2,1-6H3,(H-,59,61,63,64)/b13-10+,22-19+,29-28+,35-33+,36-32-,45-42+,49-46+. The molecule has 0 aliphatic rings. The molecule has 0 aromatic heterocycles. The van der Waals surface area contributed by atoms with Gasteiger partial charge in [0, 0.05) is 12.8 Å². The first-order valence-corrected chi connectivity index (χ1v) is 28.9. The van der Waals surface area contributed by atoms with Crippen LogP contribution in [0.1, 0.15) is 220 Å². The van der Waals surface area contributed by atoms with Gasteiger partial charge in [0.1, 0.15) is 19.3 Å². The number of carbonyl (C=O) groups is 2. The third kappa shape index (κ3) is 48.2. The third-order valence-electron chi connectivity index (χ3n) is 11.6. The summed E-state index contributed by atoms with van der Waals surface area (Å²) in [5.41, 5.74) is 0. The van der Waals surface area contributed by atoms with Crippen LogP contribution in [0, 0.1) is 0 Å². The average molecular weight is 971 g/mol. The minimum Gasteiger partial charge on any atom is -0.756 e. The average Bonchev–Trinajstić information content (AvgIpc) is 3.29. The first-order chi connectivity index (χ1) is 32.9. The van der Waals surface area contributed by atoms with Crippen molar-refractivity contribution in [1.29, 1.82) is 0 Å². The molecule has 0 aromatic rings. The number of ether oxygens (including phenoxy) is 1. The fourth-order valence-corrected chi connectivity index (χ4v) is 8.05. The monoisotopic (exact) mass is 971 g/mol. The Labute approximate surface area is 418 Å². The van der Waals surface area contributed by atoms with Crippen LogP contribution in [0.3, 0.4) is 0 Å². The topological polar surface area (TPSA) is 114 Å². The summed E-state index contributed by atoms with van der Waals surface area (Å²) in [7, 11) is 1.13. The molecule has 1 N–H and O–H groups in total. The number of likely N-dealkylation sites (N-methyl/N-ethyl adjacent to an activating group) is 1. The van der Waals surface area contributed by atoms with Crippen LogP contribution in [0.4, 0.5) is 0 Å². The molecule has 1 amide bonds. The van der Waals surface area contributed by atoms with Gasteiger partial charge in [-0.2, -0.15) is 0 Å². The summed E-state index contributed by atoms with van der Waals surface area (Å²) in [5.74, 6) is -0.661. The largest absolute Gasteiger partial charge is 0.756 e. The van der Waals surface area contributed by atoms with Crippen LogP contribution in [-0.2, 0) is 27.9 Å². The number of nitrogens with one attached hydrogen (secondary N) is 1. The van der Waals surface area contributed by atoms with Crippen LogP contribution in [0.15, 0.2) is 85.1 Å². The lowest BCUT2D eigenvalue weighted by atomic mass is 10.0. The zero-order valence-electron chi connectivity index (χ0n) is 44.5. The fraction of sp³-hybridized carbons (Fsp3) is 0.724. The molecule has 0 saturated heterocycles. The minimum atomic E-state index is -4.71. The summed E-state index contributed by atoms with van der Waals surface area (Å²) in [6.07, 6.45) is 61.4. The molecule has 10 heteroatoms. The zero-order valence-corrected chi connectivity index (χ0v) is 45.4. The molecule has 0 fully saturated rings. The molecule has 0 heterocycles. The zero-order chi connectivity index (χ0) is 50.1. The van der Waals surface area contributed by atoms with Crippen LogP contribution in [0.25, 0.3) is 0 Å². The number of esters is 1. The van der Waals surface area contributed by atoms with E-state index in [-0.39, 0.29) is 25.4 Å². The van der Waals surface area contributed by atoms with E-state index in [0.717, 1.165) is 77.0 Å². The lowest BCUT2D eigenvalue weighted by Crippen LogP contribution is -2.47. The predicted octanol–water partition coefficient (Wildman–Crippen LogP) is 15.6. The van der Waals surface area contributed by atoms with Gasteiger partial charge in [-0.1, -0.05) is 202 Å². The van der Waals surface area contributed by atoms with E-state index < -0.39 is 32.5 Å². The van der Waals surface area contributed by atoms with Gasteiger partial charge in [0.25, 0.3) is 7.82 Å². The van der Waals surface area contributed by atoms with Crippen LogP contribution in [-0.4, -0.2) is 69.4 Å². The Hall–Kier alpha value is -2.81. The first-order valence-electron chi connectivity index (χ1n) is 27.4. The third-order valence-corrected chi connectivity index (χ3v) is 12.5. The Morgan fingerprint density at radius 3 is 1.44 bits per heavy atom. The lowest BCUT2D eigenvalue weighted by Gasteiger charge is -2.30. The van der Waals surface area contributed by atoms with Gasteiger partial charge in [-0.3, -0.25) is 14.2 Å². The second-order valence-corrected chi connectivity index (χ2v) is 20.8. The van der Waals surface area contributed by atoms with Crippen molar-refractivity contribution < 1.29 is 37.3 Å². The maximum absolute atomic E-state index is 13.4. The van der Waals surface area contributed by atoms with Crippen molar-refractivity contribution in [2.75, 3.05) is 40.9 Å². The summed E-state index contributed by atoms with van der Waals surface area (Å²) in [6, 6.07) is -0.930. The molecular weight excluding hydrogens is 868 g/mol. The Kier molecular flexibility index (Phi) is 45.9. The van der Waals surface area contributed by atoms with Crippen LogP contribution in [0.5, 0.6) is 0 Å². The number of hydrogen-bond acceptors (Lipinski definition) is 7. The van der Waals surface area contributed by atoms with E-state index in [4.69, 9.17) is 13.8 Å². The molecule has 0 bridgehead atoms. The lowest BCUT2D eigenvalue weighted by molar-refractivity contribution is -0.870. The van der Waals surface area contributed by atoms with E-state index in [1.54, 1.807) is 6.08 Å². The quantitative estimate of drug-likeness (QED) is 0.0212. The second-order valence-electron chi connectivity index (χ2n) is 19.3. The summed E-state index contributed by atoms with van der Waals surface area (Å²) in [4.78, 5) is 39.7. The summed E-state index contributed by atoms with van der Waals surface area (Å²) < 4.78 is 30.1. The number of amides is 1. The number of rotatable bonds is 48. The number of phosphoric acid groups is 1. The van der Waals surface area contributed by atoms with Crippen molar-refractivity contribution in [3.63, 3.8) is 0 Å². The van der Waals surface area contributed by atoms with Gasteiger partial charge in [0.15, 0.2) is 0 Å². The predicted molar refractivity (Wildman–Crippen MR) is 288 cm³/mol. The molecule has 0 saturated carbocycles. The smallest absolute Gasteiger partial charge is 0.306 e. The molecule has 3 atom stereocenters. The van der Waals surface area contributed by atoms with E-state index in [0.29, 0.717) is 23.9 Å². The molecule has 0 spiro atoms. The van der Waals surface area contributed by atoms with Gasteiger partial charge in [-0.25, -0.2) is 0 Å². The molecule has 9 nitrogen and oxygen atoms in total. The highest BCUT2D eigenvalue weighted by Gasteiger charge is 2.27. The van der Waals surface area contributed by atoms with Crippen LogP contribution >= 0.6 is 7.82 Å². The normalized spacial score (nSPS) is 14.5. The Balaban J connectivity index is 5.55. The molecule has 0 aliphatic carbocycles. The molecule has 0 aromatic carbocycles. The molecule has 3 unspecified atom stereocenters. The minimum absolute atomic E-state index is 0.0398. The van der Waals surface area contributed by atoms with Gasteiger partial charge in [-0.05, 0) is 89.5 Å². The summed E-state index contributed by atoms with van der Waals surface area (Å²) >= 11 is 0. The Bertz CT molecular complexity index is 1440. The molecule has 0 rings (SSSR count). The number of unbranched alkanes of at least 4 members (excludes halogenated alkanes) is 20. The van der Waals surface area contributed by atoms with Crippen molar-refractivity contribution in [2.24, 2.45) is 0 Å². The number of quaternary nitrogens is 1. The summed E-state index contributed by atoms with van der Waals surface area (Å²) in [6.45, 7) is 6.63. The number of nitrogens with zero attached hydrogens (tertiary/aromatic N) is 1. The Morgan fingerprint density at radius 2 is 0.956 bits per heavy atom. The van der Waals surface area contributed by atoms with E-state index in [1.165, 1.54) is 96.3 Å². The van der Waals surface area contributed by atoms with Crippen molar-refractivity contribution >= 4 is 19.7 Å². The molecule has 392 valence electrons. The SMILES string of the molecule is CC/C=C/C/C=C/C/C=C/C/C=C/CCCCCC(=O)NC(COP(=O)([O-])OCC[N+](C)(C)C)C(/C=C/CCCCCCCCCCCCC)OC(=O)CC/C=C/C/C=C\CCCCCCCC. The van der Waals surface area contributed by atoms with E-state index in [1.807, 2.05) is 33.3 Å². The number of carbonyl (C=O) groups excluding carboxylic acids is 2.